The molecule has 186 valence electrons. The fourth-order valence-corrected chi connectivity index (χ4v) is 4.64. The Kier molecular flexibility index (Phi) is 8.64. The molecular weight excluding hydrogens is 516 g/mol. The monoisotopic (exact) mass is 539 g/mol. The predicted molar refractivity (Wildman–Crippen MR) is 133 cm³/mol. The van der Waals surface area contributed by atoms with Crippen LogP contribution in [0.4, 0.5) is 4.39 Å². The summed E-state index contributed by atoms with van der Waals surface area (Å²) in [6.07, 6.45) is 0.630. The Balaban J connectivity index is 1.94. The maximum absolute atomic E-state index is 14.3. The number of ether oxygens (including phenoxy) is 1. The van der Waals surface area contributed by atoms with E-state index in [1.54, 1.807) is 12.1 Å². The van der Waals surface area contributed by atoms with Crippen LogP contribution in [0.15, 0.2) is 65.6 Å². The fourth-order valence-electron chi connectivity index (χ4n) is 3.32. The summed E-state index contributed by atoms with van der Waals surface area (Å²) in [5.41, 5.74) is 0.523. The fraction of sp³-hybridized carbons (Fsp3) is 0.240. The summed E-state index contributed by atoms with van der Waals surface area (Å²) >= 11 is 11.8. The van der Waals surface area contributed by atoms with E-state index in [-0.39, 0.29) is 44.6 Å². The third-order valence-corrected chi connectivity index (χ3v) is 7.42. The van der Waals surface area contributed by atoms with Crippen molar-refractivity contribution in [2.24, 2.45) is 0 Å². The number of rotatable bonds is 9. The van der Waals surface area contributed by atoms with Crippen LogP contribution >= 0.6 is 23.2 Å². The third kappa shape index (κ3) is 6.25. The summed E-state index contributed by atoms with van der Waals surface area (Å²) in [6.45, 7) is 3.86. The predicted octanol–water partition coefficient (Wildman–Crippen LogP) is 6.35. The first kappa shape index (κ1) is 26.8. The molecule has 3 aromatic carbocycles. The molecule has 0 saturated heterocycles. The van der Waals surface area contributed by atoms with Crippen LogP contribution < -0.4 is 8.92 Å². The Morgan fingerprint density at radius 2 is 1.74 bits per heavy atom. The number of amides is 1. The molecule has 0 heterocycles. The Bertz CT molecular complexity index is 1330. The van der Waals surface area contributed by atoms with Gasteiger partial charge >= 0.3 is 10.1 Å². The molecule has 0 aromatic heterocycles. The first-order valence-electron chi connectivity index (χ1n) is 10.7. The summed E-state index contributed by atoms with van der Waals surface area (Å²) in [7, 11) is -2.89. The van der Waals surface area contributed by atoms with E-state index in [1.807, 2.05) is 13.8 Å². The zero-order valence-electron chi connectivity index (χ0n) is 19.3. The van der Waals surface area contributed by atoms with E-state index >= 15 is 0 Å². The van der Waals surface area contributed by atoms with Gasteiger partial charge in [-0.25, -0.2) is 4.39 Å². The summed E-state index contributed by atoms with van der Waals surface area (Å²) in [5, 5.41) is 0.266. The lowest BCUT2D eigenvalue weighted by molar-refractivity contribution is 0.0666. The van der Waals surface area contributed by atoms with Crippen molar-refractivity contribution in [3.05, 3.63) is 87.7 Å². The molecule has 0 radical (unpaired) electrons. The van der Waals surface area contributed by atoms with E-state index in [0.29, 0.717) is 12.0 Å². The third-order valence-electron chi connectivity index (χ3n) is 5.45. The van der Waals surface area contributed by atoms with Crippen LogP contribution in [-0.2, 0) is 16.7 Å². The lowest BCUT2D eigenvalue weighted by Crippen LogP contribution is -2.38. The standard InChI is InChI=1S/C25H24Cl2FNO5S/c1-4-16(2)29(25(30)19-7-5-6-8-22(19)28)15-17-9-12-23(33-3)24(13-17)34-35(31,32)18-10-11-20(26)21(27)14-18/h5-14,16H,4,15H2,1-3H3/t16-/m1/s1. The Hall–Kier alpha value is -2.81. The lowest BCUT2D eigenvalue weighted by Gasteiger charge is -2.29. The maximum Gasteiger partial charge on any atom is 0.339 e. The second-order valence-corrected chi connectivity index (χ2v) is 10.1. The largest absolute Gasteiger partial charge is 0.493 e. The summed E-state index contributed by atoms with van der Waals surface area (Å²) < 4.78 is 50.7. The second-order valence-electron chi connectivity index (χ2n) is 7.77. The van der Waals surface area contributed by atoms with E-state index in [9.17, 15) is 17.6 Å². The number of hydrogen-bond acceptors (Lipinski definition) is 5. The van der Waals surface area contributed by atoms with Gasteiger partial charge in [-0.15, -0.1) is 0 Å². The molecule has 0 bridgehead atoms. The number of methoxy groups -OCH3 is 1. The van der Waals surface area contributed by atoms with Crippen LogP contribution in [0.1, 0.15) is 36.2 Å². The molecule has 0 saturated carbocycles. The van der Waals surface area contributed by atoms with Crippen molar-refractivity contribution in [2.45, 2.75) is 37.8 Å². The number of carbonyl (C=O) groups excluding carboxylic acids is 1. The average molecular weight is 540 g/mol. The van der Waals surface area contributed by atoms with Crippen LogP contribution in [0, 0.1) is 5.82 Å². The summed E-state index contributed by atoms with van der Waals surface area (Å²) in [5.74, 6) is -0.983. The highest BCUT2D eigenvalue weighted by Crippen LogP contribution is 2.33. The molecule has 1 amide bonds. The van der Waals surface area contributed by atoms with Crippen LogP contribution in [0.25, 0.3) is 0 Å². The molecule has 0 aliphatic rings. The average Bonchev–Trinajstić information content (AvgIpc) is 2.83. The van der Waals surface area contributed by atoms with Gasteiger partial charge in [-0.2, -0.15) is 8.42 Å². The normalized spacial score (nSPS) is 12.2. The van der Waals surface area contributed by atoms with E-state index in [1.165, 1.54) is 60.5 Å². The molecule has 0 aliphatic carbocycles. The van der Waals surface area contributed by atoms with Gasteiger partial charge in [0.05, 0.1) is 22.7 Å². The molecule has 0 N–H and O–H groups in total. The Labute approximate surface area is 214 Å². The minimum atomic E-state index is -4.27. The molecular formula is C25H24Cl2FNO5S. The van der Waals surface area contributed by atoms with Gasteiger partial charge in [0.25, 0.3) is 5.91 Å². The van der Waals surface area contributed by atoms with E-state index < -0.39 is 21.8 Å². The van der Waals surface area contributed by atoms with Gasteiger partial charge in [-0.3, -0.25) is 4.79 Å². The number of carbonyl (C=O) groups is 1. The first-order valence-corrected chi connectivity index (χ1v) is 12.9. The molecule has 0 unspecified atom stereocenters. The van der Waals surface area contributed by atoms with E-state index in [0.717, 1.165) is 0 Å². The lowest BCUT2D eigenvalue weighted by atomic mass is 10.1. The van der Waals surface area contributed by atoms with Crippen molar-refractivity contribution >= 4 is 39.2 Å². The van der Waals surface area contributed by atoms with Gasteiger partial charge in [-0.1, -0.05) is 48.3 Å². The van der Waals surface area contributed by atoms with Crippen molar-refractivity contribution in [1.29, 1.82) is 0 Å². The minimum absolute atomic E-state index is 0.0417. The van der Waals surface area contributed by atoms with Gasteiger partial charge < -0.3 is 13.8 Å². The van der Waals surface area contributed by atoms with Crippen LogP contribution in [0.3, 0.4) is 0 Å². The smallest absolute Gasteiger partial charge is 0.339 e. The van der Waals surface area contributed by atoms with Crippen molar-refractivity contribution in [3.63, 3.8) is 0 Å². The SMILES string of the molecule is CC[C@@H](C)N(Cc1ccc(OC)c(OS(=O)(=O)c2ccc(Cl)c(Cl)c2)c1)C(=O)c1ccccc1F. The van der Waals surface area contributed by atoms with E-state index in [2.05, 4.69) is 0 Å². The second kappa shape index (κ2) is 11.3. The van der Waals surface area contributed by atoms with Crippen molar-refractivity contribution < 1.29 is 26.5 Å². The highest BCUT2D eigenvalue weighted by molar-refractivity contribution is 7.87. The molecule has 35 heavy (non-hydrogen) atoms. The van der Waals surface area contributed by atoms with Gasteiger partial charge in [0.1, 0.15) is 10.7 Å². The highest BCUT2D eigenvalue weighted by Gasteiger charge is 2.25. The van der Waals surface area contributed by atoms with Gasteiger partial charge in [0.2, 0.25) is 0 Å². The molecule has 10 heteroatoms. The molecule has 0 aliphatic heterocycles. The van der Waals surface area contributed by atoms with Crippen molar-refractivity contribution in [3.8, 4) is 11.5 Å². The number of halogens is 3. The summed E-state index contributed by atoms with van der Waals surface area (Å²) in [6, 6.07) is 14.1. The zero-order valence-corrected chi connectivity index (χ0v) is 21.6. The maximum atomic E-state index is 14.3. The van der Waals surface area contributed by atoms with E-state index in [4.69, 9.17) is 32.1 Å². The molecule has 0 fully saturated rings. The molecule has 3 aromatic rings. The summed E-state index contributed by atoms with van der Waals surface area (Å²) in [4.78, 5) is 14.5. The van der Waals surface area contributed by atoms with Crippen LogP contribution in [0.5, 0.6) is 11.5 Å². The molecule has 1 atom stereocenters. The quantitative estimate of drug-likeness (QED) is 0.296. The Morgan fingerprint density at radius 3 is 2.37 bits per heavy atom. The number of nitrogens with zero attached hydrogens (tertiary/aromatic N) is 1. The molecule has 6 nitrogen and oxygen atoms in total. The topological polar surface area (TPSA) is 72.9 Å². The van der Waals surface area contributed by atoms with Crippen molar-refractivity contribution in [1.82, 2.24) is 4.90 Å². The first-order chi connectivity index (χ1) is 16.6. The Morgan fingerprint density at radius 1 is 1.03 bits per heavy atom. The highest BCUT2D eigenvalue weighted by atomic mass is 35.5. The van der Waals surface area contributed by atoms with Gasteiger partial charge in [0.15, 0.2) is 11.5 Å². The van der Waals surface area contributed by atoms with Crippen LogP contribution in [0.2, 0.25) is 10.0 Å². The molecule has 0 spiro atoms. The number of benzene rings is 3. The van der Waals surface area contributed by atoms with Crippen LogP contribution in [-0.4, -0.2) is 32.4 Å². The van der Waals surface area contributed by atoms with Crippen molar-refractivity contribution in [2.75, 3.05) is 7.11 Å². The number of hydrogen-bond donors (Lipinski definition) is 0. The van der Waals surface area contributed by atoms with Gasteiger partial charge in [-0.05, 0) is 61.4 Å². The zero-order chi connectivity index (χ0) is 25.8. The molecule has 3 rings (SSSR count). The minimum Gasteiger partial charge on any atom is -0.493 e. The van der Waals surface area contributed by atoms with Gasteiger partial charge in [0, 0.05) is 12.6 Å².